The molecule has 1 amide bonds. The lowest BCUT2D eigenvalue weighted by Crippen LogP contribution is -2.36. The molecule has 2 N–H and O–H groups in total. The largest absolute Gasteiger partial charge is 0.378 e. The maximum absolute atomic E-state index is 13.4. The molecule has 0 aromatic heterocycles. The maximum atomic E-state index is 13.4. The molecule has 0 atom stereocenters. The molecular weight excluding hydrogens is 321 g/mol. The number of halogens is 1. The number of rotatable bonds is 3. The van der Waals surface area contributed by atoms with E-state index >= 15 is 0 Å². The predicted molar refractivity (Wildman–Crippen MR) is 96.1 cm³/mol. The molecule has 2 aliphatic rings. The molecule has 0 bridgehead atoms. The van der Waals surface area contributed by atoms with Crippen LogP contribution in [-0.4, -0.2) is 32.2 Å². The molecule has 2 aromatic rings. The van der Waals surface area contributed by atoms with Gasteiger partial charge in [-0.1, -0.05) is 0 Å². The molecule has 0 saturated carbocycles. The second-order valence-electron chi connectivity index (χ2n) is 5.99. The molecule has 25 heavy (non-hydrogen) atoms. The fourth-order valence-electron chi connectivity index (χ4n) is 3.05. The third-order valence-corrected chi connectivity index (χ3v) is 4.39. The number of benzene rings is 2. The van der Waals surface area contributed by atoms with Crippen molar-refractivity contribution in [2.75, 3.05) is 41.8 Å². The van der Waals surface area contributed by atoms with Crippen LogP contribution in [0.2, 0.25) is 0 Å². The Morgan fingerprint density at radius 2 is 1.88 bits per heavy atom. The van der Waals surface area contributed by atoms with Crippen molar-refractivity contribution < 1.29 is 13.9 Å². The molecular formula is C19H18FN3O2. The zero-order chi connectivity index (χ0) is 17.2. The number of hydrogen-bond acceptors (Lipinski definition) is 4. The molecule has 2 heterocycles. The van der Waals surface area contributed by atoms with Crippen LogP contribution in [-0.2, 0) is 9.53 Å². The third-order valence-electron chi connectivity index (χ3n) is 4.39. The van der Waals surface area contributed by atoms with E-state index in [2.05, 4.69) is 15.5 Å². The fourth-order valence-corrected chi connectivity index (χ4v) is 3.05. The van der Waals surface area contributed by atoms with Crippen LogP contribution in [0, 0.1) is 5.82 Å². The van der Waals surface area contributed by atoms with E-state index in [-0.39, 0.29) is 11.7 Å². The van der Waals surface area contributed by atoms with Gasteiger partial charge in [0.1, 0.15) is 5.82 Å². The van der Waals surface area contributed by atoms with Crippen molar-refractivity contribution in [1.29, 1.82) is 0 Å². The van der Waals surface area contributed by atoms with Gasteiger partial charge in [0.2, 0.25) is 0 Å². The average Bonchev–Trinajstić information content (AvgIpc) is 2.96. The summed E-state index contributed by atoms with van der Waals surface area (Å²) in [6.07, 6.45) is 1.62. The summed E-state index contributed by atoms with van der Waals surface area (Å²) in [5.74, 6) is -0.603. The first-order valence-electron chi connectivity index (χ1n) is 8.21. The van der Waals surface area contributed by atoms with Crippen molar-refractivity contribution in [1.82, 2.24) is 0 Å². The Hall–Kier alpha value is -2.86. The van der Waals surface area contributed by atoms with Crippen molar-refractivity contribution in [3.8, 4) is 0 Å². The second kappa shape index (κ2) is 6.57. The van der Waals surface area contributed by atoms with Crippen LogP contribution in [0.1, 0.15) is 5.56 Å². The number of carbonyl (C=O) groups excluding carboxylic acids is 1. The normalized spacial score (nSPS) is 18.2. The minimum absolute atomic E-state index is 0.238. The SMILES string of the molecule is O=C1Nc2ccc(F)cc2/C1=C\Nc1ccc(N2CCOCC2)cc1. The van der Waals surface area contributed by atoms with Crippen LogP contribution in [0.15, 0.2) is 48.7 Å². The van der Waals surface area contributed by atoms with E-state index in [9.17, 15) is 9.18 Å². The minimum atomic E-state index is -0.365. The summed E-state index contributed by atoms with van der Waals surface area (Å²) in [6, 6.07) is 12.3. The van der Waals surface area contributed by atoms with Gasteiger partial charge in [0, 0.05) is 41.9 Å². The number of nitrogens with zero attached hydrogens (tertiary/aromatic N) is 1. The molecule has 2 aromatic carbocycles. The van der Waals surface area contributed by atoms with Gasteiger partial charge >= 0.3 is 0 Å². The van der Waals surface area contributed by atoms with Crippen molar-refractivity contribution in [3.63, 3.8) is 0 Å². The number of morpholine rings is 1. The predicted octanol–water partition coefficient (Wildman–Crippen LogP) is 3.07. The van der Waals surface area contributed by atoms with Crippen molar-refractivity contribution >= 4 is 28.5 Å². The van der Waals surface area contributed by atoms with Gasteiger partial charge in [0.25, 0.3) is 5.91 Å². The monoisotopic (exact) mass is 339 g/mol. The van der Waals surface area contributed by atoms with E-state index in [0.29, 0.717) is 16.8 Å². The number of hydrogen-bond donors (Lipinski definition) is 2. The summed E-state index contributed by atoms with van der Waals surface area (Å²) in [5.41, 5.74) is 3.63. The smallest absolute Gasteiger partial charge is 0.257 e. The number of nitrogens with one attached hydrogen (secondary N) is 2. The molecule has 1 fully saturated rings. The minimum Gasteiger partial charge on any atom is -0.378 e. The Balaban J connectivity index is 1.50. The zero-order valence-electron chi connectivity index (χ0n) is 13.6. The summed E-state index contributed by atoms with van der Waals surface area (Å²) >= 11 is 0. The Bertz CT molecular complexity index is 827. The highest BCUT2D eigenvalue weighted by molar-refractivity contribution is 6.31. The quantitative estimate of drug-likeness (QED) is 0.844. The summed E-state index contributed by atoms with van der Waals surface area (Å²) in [4.78, 5) is 14.3. The third kappa shape index (κ3) is 3.21. The maximum Gasteiger partial charge on any atom is 0.257 e. The molecule has 1 saturated heterocycles. The topological polar surface area (TPSA) is 53.6 Å². The molecule has 5 nitrogen and oxygen atoms in total. The summed E-state index contributed by atoms with van der Waals surface area (Å²) in [5, 5.41) is 5.85. The number of ether oxygens (including phenoxy) is 1. The fraction of sp³-hybridized carbons (Fsp3) is 0.211. The van der Waals surface area contributed by atoms with E-state index in [1.165, 1.54) is 12.1 Å². The highest BCUT2D eigenvalue weighted by Gasteiger charge is 2.24. The second-order valence-corrected chi connectivity index (χ2v) is 5.99. The molecule has 4 rings (SSSR count). The Kier molecular flexibility index (Phi) is 4.11. The lowest BCUT2D eigenvalue weighted by atomic mass is 10.1. The molecule has 0 radical (unpaired) electrons. The molecule has 0 spiro atoms. The lowest BCUT2D eigenvalue weighted by Gasteiger charge is -2.28. The van der Waals surface area contributed by atoms with Gasteiger partial charge in [0.05, 0.1) is 18.8 Å². The van der Waals surface area contributed by atoms with Crippen LogP contribution in [0.5, 0.6) is 0 Å². The lowest BCUT2D eigenvalue weighted by molar-refractivity contribution is -0.110. The zero-order valence-corrected chi connectivity index (χ0v) is 13.6. The number of carbonyl (C=O) groups is 1. The molecule has 2 aliphatic heterocycles. The van der Waals surface area contributed by atoms with E-state index in [0.717, 1.165) is 37.7 Å². The van der Waals surface area contributed by atoms with Gasteiger partial charge in [0.15, 0.2) is 0 Å². The first-order chi connectivity index (χ1) is 12.2. The first-order valence-corrected chi connectivity index (χ1v) is 8.21. The van der Waals surface area contributed by atoms with Gasteiger partial charge in [-0.25, -0.2) is 4.39 Å². The van der Waals surface area contributed by atoms with Crippen molar-refractivity contribution in [3.05, 3.63) is 60.0 Å². The van der Waals surface area contributed by atoms with Gasteiger partial charge in [-0.2, -0.15) is 0 Å². The van der Waals surface area contributed by atoms with E-state index in [1.807, 2.05) is 24.3 Å². The van der Waals surface area contributed by atoms with Crippen LogP contribution in [0.25, 0.3) is 5.57 Å². The molecule has 6 heteroatoms. The first kappa shape index (κ1) is 15.7. The van der Waals surface area contributed by atoms with Crippen LogP contribution < -0.4 is 15.5 Å². The number of anilines is 3. The molecule has 0 unspecified atom stereocenters. The standard InChI is InChI=1S/C19H18FN3O2/c20-13-1-6-18-16(11-13)17(19(24)22-18)12-21-14-2-4-15(5-3-14)23-7-9-25-10-8-23/h1-6,11-12,21H,7-10H2,(H,22,24)/b17-12+. The van der Waals surface area contributed by atoms with Crippen LogP contribution >= 0.6 is 0 Å². The highest BCUT2D eigenvalue weighted by atomic mass is 19.1. The van der Waals surface area contributed by atoms with Gasteiger partial charge in [-0.05, 0) is 42.5 Å². The molecule has 128 valence electrons. The van der Waals surface area contributed by atoms with Crippen molar-refractivity contribution in [2.24, 2.45) is 0 Å². The number of fused-ring (bicyclic) bond motifs is 1. The highest BCUT2D eigenvalue weighted by Crippen LogP contribution is 2.32. The molecule has 0 aliphatic carbocycles. The van der Waals surface area contributed by atoms with Gasteiger partial charge in [-0.15, -0.1) is 0 Å². The van der Waals surface area contributed by atoms with E-state index < -0.39 is 0 Å². The summed E-state index contributed by atoms with van der Waals surface area (Å²) in [6.45, 7) is 3.27. The van der Waals surface area contributed by atoms with Gasteiger partial charge < -0.3 is 20.3 Å². The Morgan fingerprint density at radius 3 is 2.64 bits per heavy atom. The average molecular weight is 339 g/mol. The Morgan fingerprint density at radius 1 is 1.12 bits per heavy atom. The van der Waals surface area contributed by atoms with Gasteiger partial charge in [-0.3, -0.25) is 4.79 Å². The summed E-state index contributed by atoms with van der Waals surface area (Å²) in [7, 11) is 0. The Labute approximate surface area is 145 Å². The number of amides is 1. The van der Waals surface area contributed by atoms with E-state index in [4.69, 9.17) is 4.74 Å². The van der Waals surface area contributed by atoms with E-state index in [1.54, 1.807) is 12.3 Å². The van der Waals surface area contributed by atoms with Crippen LogP contribution in [0.3, 0.4) is 0 Å². The van der Waals surface area contributed by atoms with Crippen LogP contribution in [0.4, 0.5) is 21.5 Å². The summed E-state index contributed by atoms with van der Waals surface area (Å²) < 4.78 is 18.8. The van der Waals surface area contributed by atoms with Crippen molar-refractivity contribution in [2.45, 2.75) is 0 Å².